The summed E-state index contributed by atoms with van der Waals surface area (Å²) in [6.07, 6.45) is 0. The molecule has 0 spiro atoms. The summed E-state index contributed by atoms with van der Waals surface area (Å²) >= 11 is 6.25. The highest BCUT2D eigenvalue weighted by molar-refractivity contribution is 6.35. The van der Waals surface area contributed by atoms with Gasteiger partial charge in [-0.2, -0.15) is 5.10 Å². The SMILES string of the molecule is Cc1ccc(C(=O)c2c(C)nn(C)c2OCC(=O)c2ccccc2)c(Cl)c1. The van der Waals surface area contributed by atoms with Crippen molar-refractivity contribution in [2.45, 2.75) is 13.8 Å². The molecule has 0 radical (unpaired) electrons. The Kier molecular flexibility index (Phi) is 5.42. The van der Waals surface area contributed by atoms with Crippen molar-refractivity contribution in [2.24, 2.45) is 7.05 Å². The molecule has 0 fully saturated rings. The first kappa shape index (κ1) is 18.9. The molecule has 0 atom stereocenters. The van der Waals surface area contributed by atoms with E-state index in [-0.39, 0.29) is 24.1 Å². The minimum absolute atomic E-state index is 0.179. The molecule has 1 heterocycles. The van der Waals surface area contributed by atoms with Crippen molar-refractivity contribution in [3.63, 3.8) is 0 Å². The van der Waals surface area contributed by atoms with Crippen LogP contribution >= 0.6 is 11.6 Å². The number of hydrogen-bond donors (Lipinski definition) is 0. The first-order valence-corrected chi connectivity index (χ1v) is 8.81. The van der Waals surface area contributed by atoms with E-state index < -0.39 is 0 Å². The number of aryl methyl sites for hydroxylation is 3. The monoisotopic (exact) mass is 382 g/mol. The van der Waals surface area contributed by atoms with Crippen LogP contribution in [0, 0.1) is 13.8 Å². The molecule has 1 aromatic heterocycles. The second-order valence-corrected chi connectivity index (χ2v) is 6.69. The maximum atomic E-state index is 13.0. The second-order valence-electron chi connectivity index (χ2n) is 6.28. The highest BCUT2D eigenvalue weighted by atomic mass is 35.5. The van der Waals surface area contributed by atoms with Gasteiger partial charge < -0.3 is 4.74 Å². The van der Waals surface area contributed by atoms with E-state index in [4.69, 9.17) is 16.3 Å². The molecule has 0 N–H and O–H groups in total. The van der Waals surface area contributed by atoms with Crippen LogP contribution in [-0.4, -0.2) is 28.0 Å². The highest BCUT2D eigenvalue weighted by Crippen LogP contribution is 2.28. The van der Waals surface area contributed by atoms with Crippen molar-refractivity contribution < 1.29 is 14.3 Å². The minimum Gasteiger partial charge on any atom is -0.469 e. The minimum atomic E-state index is -0.284. The lowest BCUT2D eigenvalue weighted by atomic mass is 10.0. The molecule has 0 aliphatic heterocycles. The number of hydrogen-bond acceptors (Lipinski definition) is 4. The van der Waals surface area contributed by atoms with Gasteiger partial charge >= 0.3 is 0 Å². The maximum Gasteiger partial charge on any atom is 0.223 e. The van der Waals surface area contributed by atoms with E-state index >= 15 is 0 Å². The molecule has 0 saturated carbocycles. The summed E-state index contributed by atoms with van der Waals surface area (Å²) in [4.78, 5) is 25.4. The van der Waals surface area contributed by atoms with E-state index in [9.17, 15) is 9.59 Å². The zero-order valence-corrected chi connectivity index (χ0v) is 16.1. The molecular formula is C21H19ClN2O3. The van der Waals surface area contributed by atoms with E-state index in [1.165, 1.54) is 4.68 Å². The van der Waals surface area contributed by atoms with Crippen molar-refractivity contribution in [3.05, 3.63) is 81.5 Å². The largest absolute Gasteiger partial charge is 0.469 e. The summed E-state index contributed by atoms with van der Waals surface area (Å²) in [6, 6.07) is 14.1. The van der Waals surface area contributed by atoms with Crippen LogP contribution in [0.15, 0.2) is 48.5 Å². The van der Waals surface area contributed by atoms with Gasteiger partial charge in [-0.25, -0.2) is 4.68 Å². The number of Topliss-reactive ketones (excluding diaryl/α,β-unsaturated/α-hetero) is 1. The second kappa shape index (κ2) is 7.76. The maximum absolute atomic E-state index is 13.0. The highest BCUT2D eigenvalue weighted by Gasteiger charge is 2.25. The number of carbonyl (C=O) groups excluding carboxylic acids is 2. The van der Waals surface area contributed by atoms with Crippen molar-refractivity contribution in [3.8, 4) is 5.88 Å². The molecule has 0 amide bonds. The number of rotatable bonds is 6. The van der Waals surface area contributed by atoms with Gasteiger partial charge in [0.05, 0.1) is 10.7 Å². The topological polar surface area (TPSA) is 61.2 Å². The Hall–Kier alpha value is -2.92. The zero-order chi connectivity index (χ0) is 19.6. The fourth-order valence-electron chi connectivity index (χ4n) is 2.84. The first-order chi connectivity index (χ1) is 12.9. The Bertz CT molecular complexity index is 1010. The van der Waals surface area contributed by atoms with E-state index in [0.717, 1.165) is 5.56 Å². The molecular weight excluding hydrogens is 364 g/mol. The number of halogens is 1. The fraction of sp³-hybridized carbons (Fsp3) is 0.190. The Balaban J connectivity index is 1.89. The molecule has 0 saturated heterocycles. The van der Waals surface area contributed by atoms with Crippen LogP contribution in [0.1, 0.15) is 37.5 Å². The van der Waals surface area contributed by atoms with Gasteiger partial charge in [0.2, 0.25) is 11.7 Å². The number of aromatic nitrogens is 2. The molecule has 27 heavy (non-hydrogen) atoms. The molecule has 0 aliphatic carbocycles. The third kappa shape index (κ3) is 3.93. The van der Waals surface area contributed by atoms with E-state index in [0.29, 0.717) is 27.4 Å². The molecule has 2 aromatic carbocycles. The number of ether oxygens (including phenoxy) is 1. The van der Waals surface area contributed by atoms with Crippen molar-refractivity contribution in [1.82, 2.24) is 9.78 Å². The summed E-state index contributed by atoms with van der Waals surface area (Å²) in [7, 11) is 1.67. The fourth-order valence-corrected chi connectivity index (χ4v) is 3.17. The lowest BCUT2D eigenvalue weighted by Crippen LogP contribution is -2.15. The van der Waals surface area contributed by atoms with E-state index in [1.807, 2.05) is 19.1 Å². The average molecular weight is 383 g/mol. The summed E-state index contributed by atoms with van der Waals surface area (Å²) in [5.41, 5.74) is 2.71. The van der Waals surface area contributed by atoms with Gasteiger partial charge in [0.15, 0.2) is 12.4 Å². The normalized spacial score (nSPS) is 10.7. The summed E-state index contributed by atoms with van der Waals surface area (Å²) in [6.45, 7) is 3.44. The first-order valence-electron chi connectivity index (χ1n) is 8.44. The zero-order valence-electron chi connectivity index (χ0n) is 15.3. The van der Waals surface area contributed by atoms with Crippen LogP contribution in [-0.2, 0) is 7.05 Å². The van der Waals surface area contributed by atoms with Crippen LogP contribution in [0.4, 0.5) is 0 Å². The van der Waals surface area contributed by atoms with Crippen LogP contribution in [0.25, 0.3) is 0 Å². The lowest BCUT2D eigenvalue weighted by Gasteiger charge is -2.09. The summed E-state index contributed by atoms with van der Waals surface area (Å²) < 4.78 is 7.16. The molecule has 0 aliphatic rings. The molecule has 5 nitrogen and oxygen atoms in total. The molecule has 0 unspecified atom stereocenters. The van der Waals surface area contributed by atoms with E-state index in [1.54, 1.807) is 50.4 Å². The number of benzene rings is 2. The van der Waals surface area contributed by atoms with Gasteiger partial charge in [0.1, 0.15) is 5.56 Å². The van der Waals surface area contributed by atoms with Crippen LogP contribution in [0.2, 0.25) is 5.02 Å². The standard InChI is InChI=1S/C21H19ClN2O3/c1-13-9-10-16(17(22)11-13)20(26)19-14(2)23-24(3)21(19)27-12-18(25)15-7-5-4-6-8-15/h4-11H,12H2,1-3H3. The van der Waals surface area contributed by atoms with Gasteiger partial charge in [-0.3, -0.25) is 9.59 Å². The van der Waals surface area contributed by atoms with Crippen LogP contribution < -0.4 is 4.74 Å². The number of ketones is 2. The van der Waals surface area contributed by atoms with Crippen LogP contribution in [0.3, 0.4) is 0 Å². The molecule has 138 valence electrons. The van der Waals surface area contributed by atoms with Crippen LogP contribution in [0.5, 0.6) is 5.88 Å². The Morgan fingerprint density at radius 1 is 1.11 bits per heavy atom. The van der Waals surface area contributed by atoms with Gasteiger partial charge in [0.25, 0.3) is 0 Å². The number of nitrogens with zero attached hydrogens (tertiary/aromatic N) is 2. The van der Waals surface area contributed by atoms with Gasteiger partial charge in [-0.05, 0) is 31.5 Å². The molecule has 3 rings (SSSR count). The third-order valence-corrected chi connectivity index (χ3v) is 4.51. The summed E-state index contributed by atoms with van der Waals surface area (Å²) in [5, 5.41) is 4.64. The third-order valence-electron chi connectivity index (χ3n) is 4.20. The molecule has 0 bridgehead atoms. The average Bonchev–Trinajstić information content (AvgIpc) is 2.93. The Morgan fingerprint density at radius 3 is 2.48 bits per heavy atom. The van der Waals surface area contributed by atoms with Crippen molar-refractivity contribution in [1.29, 1.82) is 0 Å². The Morgan fingerprint density at radius 2 is 1.81 bits per heavy atom. The van der Waals surface area contributed by atoms with Crippen molar-refractivity contribution >= 4 is 23.2 Å². The number of carbonyl (C=O) groups is 2. The van der Waals surface area contributed by atoms with Gasteiger partial charge in [-0.1, -0.05) is 48.0 Å². The smallest absolute Gasteiger partial charge is 0.223 e. The van der Waals surface area contributed by atoms with E-state index in [2.05, 4.69) is 5.10 Å². The lowest BCUT2D eigenvalue weighted by molar-refractivity contribution is 0.0908. The predicted octanol–water partition coefficient (Wildman–Crippen LogP) is 4.18. The van der Waals surface area contributed by atoms with Gasteiger partial charge in [0, 0.05) is 18.2 Å². The quantitative estimate of drug-likeness (QED) is 0.600. The Labute approximate surface area is 162 Å². The molecule has 3 aromatic rings. The summed E-state index contributed by atoms with van der Waals surface area (Å²) in [5.74, 6) is -0.215. The molecule has 6 heteroatoms. The van der Waals surface area contributed by atoms with Gasteiger partial charge in [-0.15, -0.1) is 0 Å². The van der Waals surface area contributed by atoms with Crippen molar-refractivity contribution in [2.75, 3.05) is 6.61 Å². The predicted molar refractivity (Wildman–Crippen MR) is 104 cm³/mol.